The SMILES string of the molecule is CN(CCCN1CCOCC1)C(=O)c1cccc(C(=O)Nc2ccc(C(F)(F)F)cc2-c2cc(C(=O)N[C@H]3CCCc4ccccc43)ccn2)c1. The third-order valence-electron chi connectivity index (χ3n) is 9.36. The molecule has 0 saturated carbocycles. The first-order chi connectivity index (χ1) is 24.6. The number of nitrogens with one attached hydrogen (secondary N) is 2. The molecular weight excluding hydrogens is 659 g/mol. The van der Waals surface area contributed by atoms with Gasteiger partial charge < -0.3 is 20.3 Å². The molecule has 1 saturated heterocycles. The van der Waals surface area contributed by atoms with E-state index in [4.69, 9.17) is 4.74 Å². The van der Waals surface area contributed by atoms with Gasteiger partial charge in [-0.05, 0) is 85.3 Å². The third kappa shape index (κ3) is 8.81. The van der Waals surface area contributed by atoms with Crippen LogP contribution in [0.2, 0.25) is 0 Å². The molecule has 2 heterocycles. The van der Waals surface area contributed by atoms with Crippen LogP contribution in [-0.4, -0.2) is 78.9 Å². The van der Waals surface area contributed by atoms with Gasteiger partial charge in [0.1, 0.15) is 0 Å². The number of amides is 3. The van der Waals surface area contributed by atoms with E-state index in [9.17, 15) is 27.6 Å². The van der Waals surface area contributed by atoms with E-state index >= 15 is 0 Å². The number of hydrogen-bond acceptors (Lipinski definition) is 6. The van der Waals surface area contributed by atoms with Crippen LogP contribution >= 0.6 is 0 Å². The number of ether oxygens (including phenoxy) is 1. The number of halogens is 3. The first-order valence-corrected chi connectivity index (χ1v) is 17.1. The number of aromatic nitrogens is 1. The molecule has 1 aromatic heterocycles. The van der Waals surface area contributed by atoms with Crippen molar-refractivity contribution in [1.82, 2.24) is 20.1 Å². The van der Waals surface area contributed by atoms with Crippen LogP contribution in [0.25, 0.3) is 11.3 Å². The molecule has 9 nitrogen and oxygen atoms in total. The minimum atomic E-state index is -4.66. The van der Waals surface area contributed by atoms with E-state index in [2.05, 4.69) is 20.5 Å². The predicted molar refractivity (Wildman–Crippen MR) is 187 cm³/mol. The lowest BCUT2D eigenvalue weighted by Crippen LogP contribution is -2.38. The summed E-state index contributed by atoms with van der Waals surface area (Å²) < 4.78 is 47.0. The number of hydrogen-bond donors (Lipinski definition) is 2. The van der Waals surface area contributed by atoms with E-state index < -0.39 is 17.6 Å². The van der Waals surface area contributed by atoms with Crippen LogP contribution < -0.4 is 10.6 Å². The summed E-state index contributed by atoms with van der Waals surface area (Å²) in [6, 6.07) is 19.8. The number of anilines is 1. The van der Waals surface area contributed by atoms with E-state index in [-0.39, 0.29) is 45.9 Å². The molecule has 1 atom stereocenters. The van der Waals surface area contributed by atoms with Crippen LogP contribution in [0.3, 0.4) is 0 Å². The van der Waals surface area contributed by atoms with Crippen LogP contribution in [-0.2, 0) is 17.3 Å². The van der Waals surface area contributed by atoms with Gasteiger partial charge in [0.05, 0.1) is 36.2 Å². The summed E-state index contributed by atoms with van der Waals surface area (Å²) in [5.41, 5.74) is 2.11. The highest BCUT2D eigenvalue weighted by molar-refractivity contribution is 6.08. The number of aryl methyl sites for hydroxylation is 1. The number of nitrogens with zero attached hydrogens (tertiary/aromatic N) is 3. The van der Waals surface area contributed by atoms with Gasteiger partial charge in [-0.2, -0.15) is 13.2 Å². The molecule has 0 spiro atoms. The van der Waals surface area contributed by atoms with Crippen LogP contribution in [0.4, 0.5) is 18.9 Å². The van der Waals surface area contributed by atoms with Crippen molar-refractivity contribution in [2.45, 2.75) is 37.9 Å². The zero-order chi connectivity index (χ0) is 36.0. The molecular formula is C39H40F3N5O4. The predicted octanol–water partition coefficient (Wildman–Crippen LogP) is 6.62. The van der Waals surface area contributed by atoms with Crippen LogP contribution in [0.5, 0.6) is 0 Å². The van der Waals surface area contributed by atoms with Crippen molar-refractivity contribution in [2.24, 2.45) is 0 Å². The van der Waals surface area contributed by atoms with E-state index in [1.807, 2.05) is 24.3 Å². The van der Waals surface area contributed by atoms with Crippen molar-refractivity contribution in [3.05, 3.63) is 118 Å². The second kappa shape index (κ2) is 15.9. The molecule has 3 aromatic carbocycles. The zero-order valence-corrected chi connectivity index (χ0v) is 28.3. The van der Waals surface area contributed by atoms with Crippen molar-refractivity contribution in [3.8, 4) is 11.3 Å². The smallest absolute Gasteiger partial charge is 0.379 e. The summed E-state index contributed by atoms with van der Waals surface area (Å²) >= 11 is 0. The van der Waals surface area contributed by atoms with E-state index in [0.29, 0.717) is 25.3 Å². The average molecular weight is 700 g/mol. The van der Waals surface area contributed by atoms with Crippen molar-refractivity contribution in [3.63, 3.8) is 0 Å². The van der Waals surface area contributed by atoms with Crippen molar-refractivity contribution < 1.29 is 32.3 Å². The number of carbonyl (C=O) groups excluding carboxylic acids is 3. The molecule has 0 unspecified atom stereocenters. The molecule has 6 rings (SSSR count). The molecule has 4 aromatic rings. The van der Waals surface area contributed by atoms with Gasteiger partial charge in [-0.15, -0.1) is 0 Å². The average Bonchev–Trinajstić information content (AvgIpc) is 3.15. The normalized spacial score (nSPS) is 16.2. The summed E-state index contributed by atoms with van der Waals surface area (Å²) in [4.78, 5) is 48.3. The molecule has 266 valence electrons. The Morgan fingerprint density at radius 2 is 1.69 bits per heavy atom. The highest BCUT2D eigenvalue weighted by Gasteiger charge is 2.32. The number of pyridine rings is 1. The Bertz CT molecular complexity index is 1890. The maximum atomic E-state index is 13.9. The van der Waals surface area contributed by atoms with Gasteiger partial charge in [0, 0.05) is 61.7 Å². The highest BCUT2D eigenvalue weighted by atomic mass is 19.4. The molecule has 0 bridgehead atoms. The van der Waals surface area contributed by atoms with Crippen LogP contribution in [0, 0.1) is 0 Å². The summed E-state index contributed by atoms with van der Waals surface area (Å²) in [6.45, 7) is 4.50. The van der Waals surface area contributed by atoms with E-state index in [1.165, 1.54) is 42.1 Å². The molecule has 1 fully saturated rings. The molecule has 12 heteroatoms. The fourth-order valence-corrected chi connectivity index (χ4v) is 6.57. The van der Waals surface area contributed by atoms with Crippen LogP contribution in [0.1, 0.15) is 73.1 Å². The number of fused-ring (bicyclic) bond motifs is 1. The fourth-order valence-electron chi connectivity index (χ4n) is 6.57. The Labute approximate surface area is 294 Å². The summed E-state index contributed by atoms with van der Waals surface area (Å²) in [6.07, 6.45) is 0.0907. The molecule has 3 amide bonds. The first-order valence-electron chi connectivity index (χ1n) is 17.1. The van der Waals surface area contributed by atoms with Gasteiger partial charge in [0.15, 0.2) is 0 Å². The Balaban J connectivity index is 1.19. The quantitative estimate of drug-likeness (QED) is 0.193. The Morgan fingerprint density at radius 1 is 0.922 bits per heavy atom. The molecule has 1 aliphatic carbocycles. The molecule has 1 aliphatic heterocycles. The fraction of sp³-hybridized carbons (Fsp3) is 0.333. The maximum absolute atomic E-state index is 13.9. The number of alkyl halides is 3. The Morgan fingerprint density at radius 3 is 2.49 bits per heavy atom. The van der Waals surface area contributed by atoms with Gasteiger partial charge in [-0.1, -0.05) is 30.3 Å². The lowest BCUT2D eigenvalue weighted by molar-refractivity contribution is -0.137. The second-order valence-corrected chi connectivity index (χ2v) is 12.9. The maximum Gasteiger partial charge on any atom is 0.416 e. The number of rotatable bonds is 10. The Kier molecular flexibility index (Phi) is 11.1. The summed E-state index contributed by atoms with van der Waals surface area (Å²) in [5.74, 6) is -1.26. The topological polar surface area (TPSA) is 104 Å². The van der Waals surface area contributed by atoms with Crippen molar-refractivity contribution in [1.29, 1.82) is 0 Å². The summed E-state index contributed by atoms with van der Waals surface area (Å²) in [7, 11) is 1.71. The van der Waals surface area contributed by atoms with Gasteiger partial charge in [-0.3, -0.25) is 24.3 Å². The minimum Gasteiger partial charge on any atom is -0.379 e. The lowest BCUT2D eigenvalue weighted by atomic mass is 9.87. The third-order valence-corrected chi connectivity index (χ3v) is 9.36. The standard InChI is InChI=1S/C39H40F3N5O4/c1-46(17-6-18-47-19-21-51-22-20-47)38(50)29-10-4-9-27(23-29)36(48)45-34-14-13-30(39(40,41)42)25-32(34)35-24-28(15-16-43-35)37(49)44-33-12-5-8-26-7-2-3-11-31(26)33/h2-4,7,9-11,13-16,23-25,33H,5-6,8,12,17-22H2,1H3,(H,44,49)(H,45,48)/t33-/m0/s1. The van der Waals surface area contributed by atoms with Crippen LogP contribution in [0.15, 0.2) is 85.1 Å². The van der Waals surface area contributed by atoms with Crippen molar-refractivity contribution in [2.75, 3.05) is 51.8 Å². The monoisotopic (exact) mass is 699 g/mol. The summed E-state index contributed by atoms with van der Waals surface area (Å²) in [5, 5.41) is 5.78. The lowest BCUT2D eigenvalue weighted by Gasteiger charge is -2.27. The van der Waals surface area contributed by atoms with Gasteiger partial charge >= 0.3 is 6.18 Å². The molecule has 0 radical (unpaired) electrons. The zero-order valence-electron chi connectivity index (χ0n) is 28.3. The molecule has 51 heavy (non-hydrogen) atoms. The number of benzene rings is 3. The van der Waals surface area contributed by atoms with E-state index in [0.717, 1.165) is 63.0 Å². The largest absolute Gasteiger partial charge is 0.416 e. The van der Waals surface area contributed by atoms with E-state index in [1.54, 1.807) is 24.1 Å². The molecule has 2 aliphatic rings. The van der Waals surface area contributed by atoms with Crippen molar-refractivity contribution >= 4 is 23.4 Å². The van der Waals surface area contributed by atoms with Gasteiger partial charge in [0.2, 0.25) is 0 Å². The second-order valence-electron chi connectivity index (χ2n) is 12.9. The number of carbonyl (C=O) groups is 3. The Hall–Kier alpha value is -5.07. The first kappa shape index (κ1) is 35.7. The number of morpholine rings is 1. The van der Waals surface area contributed by atoms with Gasteiger partial charge in [0.25, 0.3) is 17.7 Å². The molecule has 2 N–H and O–H groups in total. The minimum absolute atomic E-state index is 0.0110. The van der Waals surface area contributed by atoms with Gasteiger partial charge in [-0.25, -0.2) is 0 Å². The highest BCUT2D eigenvalue weighted by Crippen LogP contribution is 2.36.